The molecule has 0 bridgehead atoms. The lowest BCUT2D eigenvalue weighted by molar-refractivity contribution is 1.32. The molecule has 49 heavy (non-hydrogen) atoms. The van der Waals surface area contributed by atoms with Crippen LogP contribution in [0.1, 0.15) is 0 Å². The van der Waals surface area contributed by atoms with E-state index in [2.05, 4.69) is 174 Å². The molecule has 0 aliphatic carbocycles. The molecule has 0 radical (unpaired) electrons. The Hall–Kier alpha value is -6.51. The summed E-state index contributed by atoms with van der Waals surface area (Å²) in [4.78, 5) is 5.39. The van der Waals surface area contributed by atoms with Crippen molar-refractivity contribution in [2.45, 2.75) is 0 Å². The SMILES string of the molecule is c1ccc2cc(-c3ccc4cc(-c5ccc6c(c5)c5ccccc5c5nc7c8ccccc8c8ccccc8c7n65)ccc4c3)ccc2c1. The van der Waals surface area contributed by atoms with E-state index in [1.807, 2.05) is 0 Å². The van der Waals surface area contributed by atoms with Crippen LogP contribution in [-0.4, -0.2) is 9.38 Å². The number of aromatic nitrogens is 2. The molecule has 0 atom stereocenters. The first-order chi connectivity index (χ1) is 24.3. The molecular formula is C47H28N2. The fourth-order valence-electron chi connectivity index (χ4n) is 8.13. The van der Waals surface area contributed by atoms with Gasteiger partial charge in [0.15, 0.2) is 0 Å². The normalized spacial score (nSPS) is 12.1. The van der Waals surface area contributed by atoms with Gasteiger partial charge >= 0.3 is 0 Å². The average Bonchev–Trinajstić information content (AvgIpc) is 3.59. The Bertz CT molecular complexity index is 3170. The predicted molar refractivity (Wildman–Crippen MR) is 209 cm³/mol. The average molecular weight is 621 g/mol. The van der Waals surface area contributed by atoms with Crippen LogP contribution in [0.25, 0.3) is 104 Å². The molecule has 0 amide bonds. The molecule has 0 fully saturated rings. The minimum Gasteiger partial charge on any atom is -0.291 e. The Morgan fingerprint density at radius 2 is 0.776 bits per heavy atom. The van der Waals surface area contributed by atoms with Crippen LogP contribution in [0.3, 0.4) is 0 Å². The van der Waals surface area contributed by atoms with Crippen LogP contribution in [0.5, 0.6) is 0 Å². The van der Waals surface area contributed by atoms with Gasteiger partial charge in [-0.25, -0.2) is 4.98 Å². The molecule has 2 aromatic heterocycles. The van der Waals surface area contributed by atoms with Crippen LogP contribution < -0.4 is 0 Å². The number of benzene rings is 9. The lowest BCUT2D eigenvalue weighted by atomic mass is 9.95. The zero-order valence-corrected chi connectivity index (χ0v) is 26.6. The summed E-state index contributed by atoms with van der Waals surface area (Å²) in [5.41, 5.74) is 9.28. The maximum atomic E-state index is 5.39. The first-order valence-corrected chi connectivity index (χ1v) is 16.9. The second-order valence-corrected chi connectivity index (χ2v) is 13.2. The van der Waals surface area contributed by atoms with E-state index >= 15 is 0 Å². The molecule has 11 rings (SSSR count). The Balaban J connectivity index is 1.12. The van der Waals surface area contributed by atoms with Gasteiger partial charge in [0.05, 0.1) is 16.6 Å². The first-order valence-electron chi connectivity index (χ1n) is 16.9. The molecule has 0 aliphatic heterocycles. The Kier molecular flexibility index (Phi) is 5.42. The minimum absolute atomic E-state index is 1.00. The number of rotatable bonds is 2. The van der Waals surface area contributed by atoms with Gasteiger partial charge in [0.1, 0.15) is 5.65 Å². The van der Waals surface area contributed by atoms with Crippen LogP contribution in [0.4, 0.5) is 0 Å². The van der Waals surface area contributed by atoms with Gasteiger partial charge < -0.3 is 0 Å². The quantitative estimate of drug-likeness (QED) is 0.176. The van der Waals surface area contributed by atoms with E-state index in [0.717, 1.165) is 16.6 Å². The molecule has 0 unspecified atom stereocenters. The van der Waals surface area contributed by atoms with Crippen LogP contribution >= 0.6 is 0 Å². The maximum absolute atomic E-state index is 5.39. The van der Waals surface area contributed by atoms with Gasteiger partial charge in [0, 0.05) is 21.5 Å². The van der Waals surface area contributed by atoms with Crippen molar-refractivity contribution >= 4 is 81.4 Å². The number of fused-ring (bicyclic) bond motifs is 15. The van der Waals surface area contributed by atoms with Crippen molar-refractivity contribution < 1.29 is 0 Å². The number of pyridine rings is 1. The van der Waals surface area contributed by atoms with E-state index < -0.39 is 0 Å². The summed E-state index contributed by atoms with van der Waals surface area (Å²) in [6.45, 7) is 0. The van der Waals surface area contributed by atoms with E-state index in [1.54, 1.807) is 0 Å². The number of hydrogen-bond donors (Lipinski definition) is 0. The van der Waals surface area contributed by atoms with Crippen molar-refractivity contribution in [2.75, 3.05) is 0 Å². The van der Waals surface area contributed by atoms with E-state index in [9.17, 15) is 0 Å². The first kappa shape index (κ1) is 26.5. The van der Waals surface area contributed by atoms with E-state index in [1.165, 1.54) is 87.1 Å². The Morgan fingerprint density at radius 1 is 0.327 bits per heavy atom. The molecule has 0 saturated heterocycles. The van der Waals surface area contributed by atoms with Crippen LogP contribution in [0, 0.1) is 0 Å². The zero-order valence-electron chi connectivity index (χ0n) is 26.6. The molecule has 226 valence electrons. The van der Waals surface area contributed by atoms with Crippen molar-refractivity contribution in [2.24, 2.45) is 0 Å². The highest BCUT2D eigenvalue weighted by Gasteiger charge is 2.19. The third-order valence-electron chi connectivity index (χ3n) is 10.5. The van der Waals surface area contributed by atoms with Crippen LogP contribution in [0.15, 0.2) is 170 Å². The molecule has 2 heteroatoms. The maximum Gasteiger partial charge on any atom is 0.146 e. The predicted octanol–water partition coefficient (Wildman–Crippen LogP) is 12.7. The fourth-order valence-corrected chi connectivity index (χ4v) is 8.13. The number of hydrogen-bond acceptors (Lipinski definition) is 1. The highest BCUT2D eigenvalue weighted by molar-refractivity contribution is 6.26. The molecule has 11 aromatic rings. The van der Waals surface area contributed by atoms with Crippen LogP contribution in [0.2, 0.25) is 0 Å². The lowest BCUT2D eigenvalue weighted by Gasteiger charge is -2.13. The molecule has 0 N–H and O–H groups in total. The summed E-state index contributed by atoms with van der Waals surface area (Å²) in [6.07, 6.45) is 0. The van der Waals surface area contributed by atoms with Gasteiger partial charge in [0.25, 0.3) is 0 Å². The highest BCUT2D eigenvalue weighted by atomic mass is 15.0. The topological polar surface area (TPSA) is 17.3 Å². The molecule has 0 saturated carbocycles. The van der Waals surface area contributed by atoms with Crippen molar-refractivity contribution in [3.8, 4) is 22.3 Å². The molecule has 0 spiro atoms. The van der Waals surface area contributed by atoms with E-state index in [0.29, 0.717) is 0 Å². The third kappa shape index (κ3) is 3.86. The van der Waals surface area contributed by atoms with Crippen molar-refractivity contribution in [3.05, 3.63) is 170 Å². The number of imidazole rings is 1. The molecule has 0 aliphatic rings. The monoisotopic (exact) mass is 620 g/mol. The van der Waals surface area contributed by atoms with Crippen LogP contribution in [-0.2, 0) is 0 Å². The third-order valence-corrected chi connectivity index (χ3v) is 10.5. The summed E-state index contributed by atoms with van der Waals surface area (Å²) < 4.78 is 2.40. The molecular weight excluding hydrogens is 593 g/mol. The Morgan fingerprint density at radius 3 is 1.45 bits per heavy atom. The zero-order chi connectivity index (χ0) is 32.1. The summed E-state index contributed by atoms with van der Waals surface area (Å²) >= 11 is 0. The summed E-state index contributed by atoms with van der Waals surface area (Å²) in [6, 6.07) is 62.1. The van der Waals surface area contributed by atoms with Gasteiger partial charge in [-0.2, -0.15) is 0 Å². The second-order valence-electron chi connectivity index (χ2n) is 13.2. The summed E-state index contributed by atoms with van der Waals surface area (Å²) in [7, 11) is 0. The van der Waals surface area contributed by atoms with Gasteiger partial charge in [-0.1, -0.05) is 140 Å². The van der Waals surface area contributed by atoms with Crippen molar-refractivity contribution in [3.63, 3.8) is 0 Å². The van der Waals surface area contributed by atoms with E-state index in [-0.39, 0.29) is 0 Å². The summed E-state index contributed by atoms with van der Waals surface area (Å²) in [5, 5.41) is 13.5. The highest BCUT2D eigenvalue weighted by Crippen LogP contribution is 2.40. The van der Waals surface area contributed by atoms with Gasteiger partial charge in [-0.3, -0.25) is 4.40 Å². The van der Waals surface area contributed by atoms with Crippen molar-refractivity contribution in [1.82, 2.24) is 9.38 Å². The second kappa shape index (κ2) is 10.00. The Labute approximate surface area is 282 Å². The smallest absolute Gasteiger partial charge is 0.146 e. The standard InChI is InChI=1S/C47H28N2/c1-2-10-30-25-31(18-17-29(30)9-1)32-19-20-34-27-35(22-21-33(34)26-32)36-23-24-44-43(28-36)39-13-5-8-16-42(39)47-48-45-40-14-6-3-11-37(40)38-12-4-7-15-41(38)46(45)49(44)47/h1-28H. The van der Waals surface area contributed by atoms with Gasteiger partial charge in [0.2, 0.25) is 0 Å². The largest absolute Gasteiger partial charge is 0.291 e. The lowest BCUT2D eigenvalue weighted by Crippen LogP contribution is -1.93. The molecule has 2 nitrogen and oxygen atoms in total. The minimum atomic E-state index is 1.00. The van der Waals surface area contributed by atoms with E-state index in [4.69, 9.17) is 4.98 Å². The van der Waals surface area contributed by atoms with Crippen molar-refractivity contribution in [1.29, 1.82) is 0 Å². The summed E-state index contributed by atoms with van der Waals surface area (Å²) in [5.74, 6) is 0. The fraction of sp³-hybridized carbons (Fsp3) is 0. The van der Waals surface area contributed by atoms with Gasteiger partial charge in [-0.05, 0) is 90.3 Å². The van der Waals surface area contributed by atoms with Gasteiger partial charge in [-0.15, -0.1) is 0 Å². The molecule has 9 aromatic carbocycles. The number of nitrogens with zero attached hydrogens (tertiary/aromatic N) is 2. The molecule has 2 heterocycles.